The first-order valence-electron chi connectivity index (χ1n) is 8.65. The van der Waals surface area contributed by atoms with Crippen molar-refractivity contribution in [3.05, 3.63) is 65.0 Å². The Morgan fingerprint density at radius 3 is 2.52 bits per heavy atom. The molecule has 0 spiro atoms. The third kappa shape index (κ3) is 4.70. The number of furan rings is 2. The number of thioether (sulfide) groups is 1. The molecule has 1 amide bonds. The van der Waals surface area contributed by atoms with Gasteiger partial charge in [0.25, 0.3) is 0 Å². The molecule has 29 heavy (non-hydrogen) atoms. The molecule has 3 aromatic heterocycles. The minimum atomic E-state index is -0.125. The molecular weight excluding hydrogens is 433 g/mol. The number of imidazole rings is 1. The summed E-state index contributed by atoms with van der Waals surface area (Å²) in [4.78, 5) is 20.0. The fraction of sp³-hybridized carbons (Fsp3) is 0.100. The molecule has 0 aliphatic heterocycles. The van der Waals surface area contributed by atoms with E-state index >= 15 is 0 Å². The average Bonchev–Trinajstić information content (AvgIpc) is 3.45. The van der Waals surface area contributed by atoms with Gasteiger partial charge in [-0.15, -0.1) is 0 Å². The number of amides is 1. The number of carbonyl (C=O) groups is 1. The van der Waals surface area contributed by atoms with Crippen molar-refractivity contribution >= 4 is 46.6 Å². The Hall–Kier alpha value is -2.61. The van der Waals surface area contributed by atoms with Crippen LogP contribution in [0.4, 0.5) is 5.69 Å². The first kappa shape index (κ1) is 19.7. The van der Waals surface area contributed by atoms with Crippen molar-refractivity contribution in [2.75, 3.05) is 11.1 Å². The molecule has 6 nitrogen and oxygen atoms in total. The Morgan fingerprint density at radius 1 is 1.07 bits per heavy atom. The second-order valence-electron chi connectivity index (χ2n) is 6.00. The lowest BCUT2D eigenvalue weighted by atomic mass is 10.2. The van der Waals surface area contributed by atoms with Crippen LogP contribution in [-0.4, -0.2) is 21.6 Å². The van der Waals surface area contributed by atoms with Gasteiger partial charge in [0.1, 0.15) is 11.4 Å². The van der Waals surface area contributed by atoms with Gasteiger partial charge < -0.3 is 19.1 Å². The summed E-state index contributed by atoms with van der Waals surface area (Å²) in [5.74, 6) is 1.71. The van der Waals surface area contributed by atoms with Crippen LogP contribution in [0.2, 0.25) is 10.0 Å². The summed E-state index contributed by atoms with van der Waals surface area (Å²) < 4.78 is 11.0. The van der Waals surface area contributed by atoms with Crippen molar-refractivity contribution in [3.8, 4) is 22.9 Å². The van der Waals surface area contributed by atoms with Crippen LogP contribution < -0.4 is 5.32 Å². The van der Waals surface area contributed by atoms with E-state index in [9.17, 15) is 4.79 Å². The number of hydrogen-bond acceptors (Lipinski definition) is 5. The van der Waals surface area contributed by atoms with E-state index in [1.54, 1.807) is 36.8 Å². The van der Waals surface area contributed by atoms with Crippen molar-refractivity contribution in [2.45, 2.75) is 11.6 Å². The van der Waals surface area contributed by atoms with Crippen LogP contribution in [0, 0.1) is 0 Å². The molecule has 0 aliphatic carbocycles. The van der Waals surface area contributed by atoms with Crippen molar-refractivity contribution in [1.29, 1.82) is 0 Å². The minimum Gasteiger partial charge on any atom is -0.463 e. The summed E-state index contributed by atoms with van der Waals surface area (Å²) >= 11 is 13.3. The molecule has 0 saturated heterocycles. The molecule has 0 unspecified atom stereocenters. The number of hydrogen-bond donors (Lipinski definition) is 2. The molecule has 1 aromatic carbocycles. The Labute approximate surface area is 180 Å². The molecular formula is C20H15Cl2N3O3S. The molecule has 4 rings (SSSR count). The number of carbonyl (C=O) groups excluding carboxylic acids is 1. The zero-order valence-corrected chi connectivity index (χ0v) is 17.3. The Balaban J connectivity index is 1.40. The molecule has 0 radical (unpaired) electrons. The second kappa shape index (κ2) is 8.82. The van der Waals surface area contributed by atoms with Crippen LogP contribution in [0.3, 0.4) is 0 Å². The van der Waals surface area contributed by atoms with Crippen molar-refractivity contribution in [2.24, 2.45) is 0 Å². The zero-order valence-electron chi connectivity index (χ0n) is 14.9. The van der Waals surface area contributed by atoms with Gasteiger partial charge in [0.05, 0.1) is 22.6 Å². The summed E-state index contributed by atoms with van der Waals surface area (Å²) in [6.07, 6.45) is 3.50. The molecule has 0 saturated carbocycles. The van der Waals surface area contributed by atoms with E-state index in [0.717, 1.165) is 5.69 Å². The standard InChI is InChI=1S/C20H15Cl2N3O3S/c21-13-6-5-12(11-14(13)22)23-17(26)7-10-29-20-24-18(15-3-1-8-27-15)19(25-20)16-4-2-9-28-16/h1-6,8-9,11H,7,10H2,(H,23,26)(H,24,25). The van der Waals surface area contributed by atoms with Crippen molar-refractivity contribution < 1.29 is 13.6 Å². The summed E-state index contributed by atoms with van der Waals surface area (Å²) in [5, 5.41) is 4.31. The molecule has 3 heterocycles. The van der Waals surface area contributed by atoms with E-state index in [2.05, 4.69) is 15.3 Å². The summed E-state index contributed by atoms with van der Waals surface area (Å²) in [6.45, 7) is 0. The fourth-order valence-electron chi connectivity index (χ4n) is 2.65. The highest BCUT2D eigenvalue weighted by atomic mass is 35.5. The molecule has 148 valence electrons. The number of anilines is 1. The topological polar surface area (TPSA) is 84.1 Å². The highest BCUT2D eigenvalue weighted by Gasteiger charge is 2.18. The van der Waals surface area contributed by atoms with Gasteiger partial charge in [-0.05, 0) is 42.5 Å². The normalized spacial score (nSPS) is 11.0. The Morgan fingerprint density at radius 2 is 1.83 bits per heavy atom. The first-order chi connectivity index (χ1) is 14.1. The predicted octanol–water partition coefficient (Wildman–Crippen LogP) is 6.36. The minimum absolute atomic E-state index is 0.125. The van der Waals surface area contributed by atoms with Gasteiger partial charge in [0, 0.05) is 17.9 Å². The third-order valence-corrected chi connectivity index (χ3v) is 5.59. The monoisotopic (exact) mass is 447 g/mol. The van der Waals surface area contributed by atoms with Gasteiger partial charge in [-0.1, -0.05) is 35.0 Å². The van der Waals surface area contributed by atoms with E-state index in [0.29, 0.717) is 50.3 Å². The highest BCUT2D eigenvalue weighted by molar-refractivity contribution is 7.99. The number of nitrogens with one attached hydrogen (secondary N) is 2. The molecule has 0 fully saturated rings. The maximum Gasteiger partial charge on any atom is 0.225 e. The number of H-pyrrole nitrogens is 1. The lowest BCUT2D eigenvalue weighted by Crippen LogP contribution is -2.12. The first-order valence-corrected chi connectivity index (χ1v) is 10.4. The van der Waals surface area contributed by atoms with Gasteiger partial charge in [0.15, 0.2) is 16.7 Å². The number of halogens is 2. The van der Waals surface area contributed by atoms with Gasteiger partial charge in [-0.3, -0.25) is 4.79 Å². The molecule has 9 heteroatoms. The van der Waals surface area contributed by atoms with E-state index in [1.807, 2.05) is 18.2 Å². The number of rotatable bonds is 7. The molecule has 0 aliphatic rings. The summed E-state index contributed by atoms with van der Waals surface area (Å²) in [7, 11) is 0. The van der Waals surface area contributed by atoms with Crippen molar-refractivity contribution in [3.63, 3.8) is 0 Å². The van der Waals surface area contributed by atoms with Crippen LogP contribution in [0.25, 0.3) is 22.9 Å². The number of benzene rings is 1. The largest absolute Gasteiger partial charge is 0.463 e. The maximum atomic E-state index is 12.2. The van der Waals surface area contributed by atoms with Crippen LogP contribution in [0.1, 0.15) is 6.42 Å². The number of aromatic nitrogens is 2. The highest BCUT2D eigenvalue weighted by Crippen LogP contribution is 2.33. The van der Waals surface area contributed by atoms with Gasteiger partial charge in [-0.25, -0.2) is 4.98 Å². The van der Waals surface area contributed by atoms with E-state index < -0.39 is 0 Å². The maximum absolute atomic E-state index is 12.2. The van der Waals surface area contributed by atoms with Crippen LogP contribution in [0.5, 0.6) is 0 Å². The SMILES string of the molecule is O=C(CCSc1nc(-c2ccco2)c(-c2ccco2)[nH]1)Nc1ccc(Cl)c(Cl)c1. The smallest absolute Gasteiger partial charge is 0.225 e. The average molecular weight is 448 g/mol. The summed E-state index contributed by atoms with van der Waals surface area (Å²) in [6, 6.07) is 12.3. The lowest BCUT2D eigenvalue weighted by Gasteiger charge is -2.05. The van der Waals surface area contributed by atoms with Crippen LogP contribution in [0.15, 0.2) is 69.0 Å². The van der Waals surface area contributed by atoms with E-state index in [4.69, 9.17) is 32.0 Å². The summed E-state index contributed by atoms with van der Waals surface area (Å²) in [5.41, 5.74) is 1.99. The quantitative estimate of drug-likeness (QED) is 0.322. The molecule has 0 bridgehead atoms. The van der Waals surface area contributed by atoms with Crippen molar-refractivity contribution in [1.82, 2.24) is 9.97 Å². The third-order valence-electron chi connectivity index (χ3n) is 3.98. The fourth-order valence-corrected chi connectivity index (χ4v) is 3.76. The zero-order chi connectivity index (χ0) is 20.2. The van der Waals surface area contributed by atoms with E-state index in [-0.39, 0.29) is 5.91 Å². The van der Waals surface area contributed by atoms with Crippen LogP contribution in [-0.2, 0) is 4.79 Å². The number of aromatic amines is 1. The lowest BCUT2D eigenvalue weighted by molar-refractivity contribution is -0.115. The number of nitrogens with zero attached hydrogens (tertiary/aromatic N) is 1. The van der Waals surface area contributed by atoms with Gasteiger partial charge >= 0.3 is 0 Å². The van der Waals surface area contributed by atoms with Gasteiger partial charge in [0.2, 0.25) is 5.91 Å². The molecule has 2 N–H and O–H groups in total. The predicted molar refractivity (Wildman–Crippen MR) is 114 cm³/mol. The van der Waals surface area contributed by atoms with E-state index in [1.165, 1.54) is 11.8 Å². The second-order valence-corrected chi connectivity index (χ2v) is 7.89. The molecule has 4 aromatic rings. The van der Waals surface area contributed by atoms with Crippen LogP contribution >= 0.6 is 35.0 Å². The van der Waals surface area contributed by atoms with Gasteiger partial charge in [-0.2, -0.15) is 0 Å². The Bertz CT molecular complexity index is 1060. The Kier molecular flexibility index (Phi) is 5.99. The molecule has 0 atom stereocenters.